The minimum absolute atomic E-state index is 0.00246. The average Bonchev–Trinajstić information content (AvgIpc) is 2.60. The van der Waals surface area contributed by atoms with Crippen LogP contribution in [0.5, 0.6) is 5.75 Å². The number of likely N-dealkylation sites (tertiary alicyclic amines) is 1. The zero-order chi connectivity index (χ0) is 17.5. The van der Waals surface area contributed by atoms with E-state index >= 15 is 0 Å². The van der Waals surface area contributed by atoms with Gasteiger partial charge in [0.25, 0.3) is 5.69 Å². The monoisotopic (exact) mass is 337 g/mol. The van der Waals surface area contributed by atoms with E-state index in [9.17, 15) is 19.7 Å². The number of hydrogen-bond acceptors (Lipinski definition) is 7. The van der Waals surface area contributed by atoms with E-state index in [-0.39, 0.29) is 24.1 Å². The fourth-order valence-electron chi connectivity index (χ4n) is 2.43. The van der Waals surface area contributed by atoms with Gasteiger partial charge in [0.15, 0.2) is 0 Å². The number of piperidine rings is 1. The maximum atomic E-state index is 12.3. The third-order valence-corrected chi connectivity index (χ3v) is 3.70. The number of benzene rings is 1. The first kappa shape index (κ1) is 17.7. The summed E-state index contributed by atoms with van der Waals surface area (Å²) in [5.41, 5.74) is -0.0783. The zero-order valence-corrected chi connectivity index (χ0v) is 13.3. The minimum Gasteiger partial charge on any atom is -0.468 e. The summed E-state index contributed by atoms with van der Waals surface area (Å²) in [6, 6.07) is 5.28. The second-order valence-corrected chi connectivity index (χ2v) is 5.28. The molecule has 1 unspecified atom stereocenters. The molecule has 1 aliphatic heterocycles. The van der Waals surface area contributed by atoms with Crippen molar-refractivity contribution < 1.29 is 24.0 Å². The molecule has 1 amide bonds. The van der Waals surface area contributed by atoms with Crippen LogP contribution in [0.25, 0.3) is 0 Å². The van der Waals surface area contributed by atoms with Crippen LogP contribution in [0, 0.1) is 10.1 Å². The van der Waals surface area contributed by atoms with E-state index in [4.69, 9.17) is 4.74 Å². The number of amides is 1. The number of nitrogens with one attached hydrogen (secondary N) is 1. The summed E-state index contributed by atoms with van der Waals surface area (Å²) in [5.74, 6) is -0.188. The Hall–Kier alpha value is -2.68. The first-order valence-electron chi connectivity index (χ1n) is 7.54. The van der Waals surface area contributed by atoms with Crippen molar-refractivity contribution in [1.29, 1.82) is 0 Å². The van der Waals surface area contributed by atoms with Gasteiger partial charge in [0.2, 0.25) is 0 Å². The lowest BCUT2D eigenvalue weighted by Gasteiger charge is -2.35. The lowest BCUT2D eigenvalue weighted by molar-refractivity contribution is -0.384. The van der Waals surface area contributed by atoms with Crippen LogP contribution in [0.1, 0.15) is 19.3 Å². The van der Waals surface area contributed by atoms with Crippen molar-refractivity contribution in [2.45, 2.75) is 25.4 Å². The number of ether oxygens (including phenoxy) is 2. The summed E-state index contributed by atoms with van der Waals surface area (Å²) in [4.78, 5) is 35.2. The van der Waals surface area contributed by atoms with Crippen LogP contribution in [-0.2, 0) is 9.53 Å². The average molecular weight is 337 g/mol. The molecule has 1 saturated heterocycles. The summed E-state index contributed by atoms with van der Waals surface area (Å²) in [7, 11) is 1.30. The van der Waals surface area contributed by atoms with Gasteiger partial charge in [0.1, 0.15) is 5.75 Å². The number of nitrogens with zero attached hydrogens (tertiary/aromatic N) is 2. The van der Waals surface area contributed by atoms with Crippen LogP contribution in [0.4, 0.5) is 10.5 Å². The van der Waals surface area contributed by atoms with Crippen molar-refractivity contribution in [3.8, 4) is 5.75 Å². The fraction of sp³-hybridized carbons (Fsp3) is 0.467. The topological polar surface area (TPSA) is 111 Å². The molecule has 0 bridgehead atoms. The van der Waals surface area contributed by atoms with Crippen LogP contribution in [0.2, 0.25) is 0 Å². The van der Waals surface area contributed by atoms with Gasteiger partial charge in [-0.25, -0.2) is 4.79 Å². The highest BCUT2D eigenvalue weighted by molar-refractivity contribution is 5.72. The number of carbonyl (C=O) groups excluding carboxylic acids is 2. The van der Waals surface area contributed by atoms with Crippen molar-refractivity contribution in [1.82, 2.24) is 10.2 Å². The third-order valence-electron chi connectivity index (χ3n) is 3.70. The Kier molecular flexibility index (Phi) is 6.07. The summed E-state index contributed by atoms with van der Waals surface area (Å²) >= 11 is 0. The van der Waals surface area contributed by atoms with Gasteiger partial charge in [-0.1, -0.05) is 0 Å². The van der Waals surface area contributed by atoms with E-state index in [1.165, 1.54) is 36.3 Å². The number of nitro benzene ring substituents is 1. The van der Waals surface area contributed by atoms with Crippen LogP contribution in [-0.4, -0.2) is 48.3 Å². The maximum absolute atomic E-state index is 12.3. The normalized spacial score (nSPS) is 17.2. The number of hydrogen-bond donors (Lipinski definition) is 1. The summed E-state index contributed by atoms with van der Waals surface area (Å²) in [6.07, 6.45) is 1.59. The molecular weight excluding hydrogens is 318 g/mol. The molecule has 1 atom stereocenters. The molecule has 0 aliphatic carbocycles. The van der Waals surface area contributed by atoms with Gasteiger partial charge in [-0.2, -0.15) is 0 Å². The predicted molar refractivity (Wildman–Crippen MR) is 83.5 cm³/mol. The highest BCUT2D eigenvalue weighted by Crippen LogP contribution is 2.20. The number of esters is 1. The van der Waals surface area contributed by atoms with Crippen molar-refractivity contribution in [3.63, 3.8) is 0 Å². The Bertz CT molecular complexity index is 604. The Morgan fingerprint density at radius 2 is 2.04 bits per heavy atom. The Balaban J connectivity index is 1.97. The molecule has 1 aromatic carbocycles. The molecule has 2 rings (SSSR count). The molecule has 1 heterocycles. The van der Waals surface area contributed by atoms with Crippen molar-refractivity contribution in [3.05, 3.63) is 34.4 Å². The van der Waals surface area contributed by atoms with Gasteiger partial charge in [0.05, 0.1) is 24.7 Å². The van der Waals surface area contributed by atoms with E-state index in [2.05, 4.69) is 10.1 Å². The van der Waals surface area contributed by atoms with E-state index in [1.807, 2.05) is 0 Å². The second kappa shape index (κ2) is 8.25. The van der Waals surface area contributed by atoms with Crippen molar-refractivity contribution in [2.24, 2.45) is 0 Å². The number of carbonyl (C=O) groups is 2. The standard InChI is InChI=1S/C15H19N3O6/c1-23-14(19)10-16-13-4-2-3-9-17(13)15(20)24-12-7-5-11(6-8-12)18(21)22/h5-8,13,16H,2-4,9-10H2,1H3. The molecule has 0 saturated carbocycles. The largest absolute Gasteiger partial charge is 0.468 e. The first-order valence-corrected chi connectivity index (χ1v) is 7.54. The van der Waals surface area contributed by atoms with Crippen LogP contribution < -0.4 is 10.1 Å². The first-order chi connectivity index (χ1) is 11.5. The highest BCUT2D eigenvalue weighted by atomic mass is 16.6. The number of non-ortho nitro benzene ring substituents is 1. The van der Waals surface area contributed by atoms with Gasteiger partial charge in [-0.05, 0) is 31.4 Å². The molecule has 0 spiro atoms. The summed E-state index contributed by atoms with van der Waals surface area (Å²) < 4.78 is 9.83. The molecule has 24 heavy (non-hydrogen) atoms. The fourth-order valence-corrected chi connectivity index (χ4v) is 2.43. The van der Waals surface area contributed by atoms with E-state index in [0.29, 0.717) is 13.0 Å². The maximum Gasteiger partial charge on any atom is 0.416 e. The van der Waals surface area contributed by atoms with E-state index in [0.717, 1.165) is 12.8 Å². The molecule has 1 aliphatic rings. The molecule has 0 aromatic heterocycles. The lowest BCUT2D eigenvalue weighted by atomic mass is 10.1. The van der Waals surface area contributed by atoms with E-state index < -0.39 is 17.0 Å². The van der Waals surface area contributed by atoms with Gasteiger partial charge in [-0.15, -0.1) is 0 Å². The van der Waals surface area contributed by atoms with Gasteiger partial charge >= 0.3 is 12.1 Å². The van der Waals surface area contributed by atoms with Crippen LogP contribution >= 0.6 is 0 Å². The number of methoxy groups -OCH3 is 1. The molecule has 130 valence electrons. The smallest absolute Gasteiger partial charge is 0.416 e. The Morgan fingerprint density at radius 3 is 2.67 bits per heavy atom. The SMILES string of the molecule is COC(=O)CNC1CCCCN1C(=O)Oc1ccc([N+](=O)[O-])cc1. The molecule has 0 radical (unpaired) electrons. The molecule has 1 aromatic rings. The van der Waals surface area contributed by atoms with E-state index in [1.54, 1.807) is 0 Å². The number of nitro groups is 1. The Morgan fingerprint density at radius 1 is 1.33 bits per heavy atom. The van der Waals surface area contributed by atoms with Crippen LogP contribution in [0.3, 0.4) is 0 Å². The summed E-state index contributed by atoms with van der Waals surface area (Å²) in [5, 5.41) is 13.6. The predicted octanol–water partition coefficient (Wildman–Crippen LogP) is 1.67. The zero-order valence-electron chi connectivity index (χ0n) is 13.3. The van der Waals surface area contributed by atoms with Crippen molar-refractivity contribution in [2.75, 3.05) is 20.2 Å². The lowest BCUT2D eigenvalue weighted by Crippen LogP contribution is -2.53. The Labute approximate surface area is 138 Å². The highest BCUT2D eigenvalue weighted by Gasteiger charge is 2.28. The van der Waals surface area contributed by atoms with Crippen molar-refractivity contribution >= 4 is 17.7 Å². The minimum atomic E-state index is -0.564. The molecule has 1 N–H and O–H groups in total. The van der Waals surface area contributed by atoms with Gasteiger partial charge in [0, 0.05) is 18.7 Å². The quantitative estimate of drug-likeness (QED) is 0.494. The van der Waals surface area contributed by atoms with Gasteiger partial charge in [-0.3, -0.25) is 25.1 Å². The molecule has 9 heteroatoms. The molecular formula is C15H19N3O6. The van der Waals surface area contributed by atoms with Gasteiger partial charge < -0.3 is 9.47 Å². The molecule has 1 fully saturated rings. The number of rotatable bonds is 5. The summed E-state index contributed by atoms with van der Waals surface area (Å²) in [6.45, 7) is 0.507. The third kappa shape index (κ3) is 4.66. The van der Waals surface area contributed by atoms with Crippen LogP contribution in [0.15, 0.2) is 24.3 Å². The second-order valence-electron chi connectivity index (χ2n) is 5.28. The molecule has 9 nitrogen and oxygen atoms in total.